The molecule has 0 fully saturated rings. The van der Waals surface area contributed by atoms with Crippen LogP contribution in [0.1, 0.15) is 110 Å². The van der Waals surface area contributed by atoms with Crippen LogP contribution in [0.3, 0.4) is 0 Å². The minimum absolute atomic E-state index is 0.0725. The van der Waals surface area contributed by atoms with E-state index in [4.69, 9.17) is 11.6 Å². The lowest BCUT2D eigenvalue weighted by Crippen LogP contribution is -2.21. The molecule has 0 spiro atoms. The second kappa shape index (κ2) is 20.9. The molecule has 0 aliphatic heterocycles. The predicted molar refractivity (Wildman–Crippen MR) is 121 cm³/mol. The molecule has 0 aromatic rings. The number of halogens is 1. The second-order valence-corrected chi connectivity index (χ2v) is 10.5. The Morgan fingerprint density at radius 2 is 1.00 bits per heavy atom. The van der Waals surface area contributed by atoms with Crippen molar-refractivity contribution < 1.29 is 8.42 Å². The van der Waals surface area contributed by atoms with Gasteiger partial charge in [-0.15, -0.1) is 11.6 Å². The first kappa shape index (κ1) is 27.2. The topological polar surface area (TPSA) is 48.2 Å². The van der Waals surface area contributed by atoms with Crippen LogP contribution in [0.5, 0.6) is 0 Å². The Morgan fingerprint density at radius 1 is 0.593 bits per heavy atom. The average molecular weight is 423 g/mol. The van der Waals surface area contributed by atoms with E-state index in [1.165, 1.54) is 96.3 Å². The molecule has 5 heteroatoms. The SMILES string of the molecule is CCCCCCCCCCCCCCCCCC[N]CCS(=O)(=O)CCCl. The van der Waals surface area contributed by atoms with Gasteiger partial charge in [0.15, 0.2) is 9.84 Å². The molecule has 0 aliphatic carbocycles. The summed E-state index contributed by atoms with van der Waals surface area (Å²) in [5, 5.41) is 4.32. The van der Waals surface area contributed by atoms with Gasteiger partial charge in [0, 0.05) is 19.0 Å². The third-order valence-electron chi connectivity index (χ3n) is 5.12. The van der Waals surface area contributed by atoms with Gasteiger partial charge in [-0.05, 0) is 6.42 Å². The van der Waals surface area contributed by atoms with Crippen LogP contribution in [0.25, 0.3) is 0 Å². The van der Waals surface area contributed by atoms with E-state index in [-0.39, 0.29) is 17.4 Å². The maximum absolute atomic E-state index is 11.5. The summed E-state index contributed by atoms with van der Waals surface area (Å²) in [6, 6.07) is 0. The maximum Gasteiger partial charge on any atom is 0.152 e. The molecule has 0 N–H and O–H groups in total. The van der Waals surface area contributed by atoms with E-state index >= 15 is 0 Å². The molecule has 3 nitrogen and oxygen atoms in total. The van der Waals surface area contributed by atoms with Gasteiger partial charge in [-0.3, -0.25) is 0 Å². The van der Waals surface area contributed by atoms with Gasteiger partial charge in [-0.25, -0.2) is 13.7 Å². The zero-order chi connectivity index (χ0) is 20.1. The highest BCUT2D eigenvalue weighted by molar-refractivity contribution is 7.91. The van der Waals surface area contributed by atoms with Gasteiger partial charge in [0.25, 0.3) is 0 Å². The van der Waals surface area contributed by atoms with Crippen LogP contribution in [0.4, 0.5) is 0 Å². The van der Waals surface area contributed by atoms with Gasteiger partial charge in [0.1, 0.15) is 0 Å². The summed E-state index contributed by atoms with van der Waals surface area (Å²) in [4.78, 5) is 0. The normalized spacial score (nSPS) is 11.9. The lowest BCUT2D eigenvalue weighted by molar-refractivity contribution is 0.525. The molecule has 0 aliphatic rings. The fraction of sp³-hybridized carbons (Fsp3) is 1.00. The van der Waals surface area contributed by atoms with Crippen LogP contribution < -0.4 is 5.32 Å². The van der Waals surface area contributed by atoms with Gasteiger partial charge < -0.3 is 0 Å². The fourth-order valence-corrected chi connectivity index (χ4v) is 4.86. The first-order chi connectivity index (χ1) is 13.1. The average Bonchev–Trinajstić information content (AvgIpc) is 2.63. The molecular weight excluding hydrogens is 378 g/mol. The molecule has 0 saturated heterocycles. The molecule has 0 bridgehead atoms. The summed E-state index contributed by atoms with van der Waals surface area (Å²) < 4.78 is 22.9. The van der Waals surface area contributed by atoms with Crippen molar-refractivity contribution in [3.8, 4) is 0 Å². The van der Waals surface area contributed by atoms with E-state index in [1.54, 1.807) is 0 Å². The van der Waals surface area contributed by atoms with Crippen LogP contribution >= 0.6 is 11.6 Å². The smallest absolute Gasteiger partial charge is 0.152 e. The van der Waals surface area contributed by atoms with Gasteiger partial charge in [0.2, 0.25) is 0 Å². The quantitative estimate of drug-likeness (QED) is 0.147. The van der Waals surface area contributed by atoms with Crippen molar-refractivity contribution in [1.29, 1.82) is 0 Å². The zero-order valence-electron chi connectivity index (χ0n) is 17.9. The summed E-state index contributed by atoms with van der Waals surface area (Å²) in [5.74, 6) is 0.406. The van der Waals surface area contributed by atoms with Gasteiger partial charge in [-0.2, -0.15) is 0 Å². The molecule has 0 atom stereocenters. The van der Waals surface area contributed by atoms with Crippen LogP contribution in [-0.4, -0.2) is 38.9 Å². The molecule has 0 heterocycles. The molecular formula is C22H45ClNO2S. The molecule has 1 radical (unpaired) electrons. The highest BCUT2D eigenvalue weighted by Crippen LogP contribution is 2.13. The lowest BCUT2D eigenvalue weighted by Gasteiger charge is -2.04. The van der Waals surface area contributed by atoms with E-state index < -0.39 is 9.84 Å². The molecule has 0 aromatic heterocycles. The molecule has 0 amide bonds. The van der Waals surface area contributed by atoms with Crippen LogP contribution in [0.2, 0.25) is 0 Å². The third kappa shape index (κ3) is 22.4. The number of unbranched alkanes of at least 4 members (excludes halogenated alkanes) is 15. The molecule has 0 aromatic carbocycles. The van der Waals surface area contributed by atoms with Gasteiger partial charge in [0.05, 0.1) is 11.5 Å². The third-order valence-corrected chi connectivity index (χ3v) is 7.16. The zero-order valence-corrected chi connectivity index (χ0v) is 19.5. The highest BCUT2D eigenvalue weighted by atomic mass is 35.5. The van der Waals surface area contributed by atoms with E-state index in [0.717, 1.165) is 13.0 Å². The van der Waals surface area contributed by atoms with Gasteiger partial charge >= 0.3 is 0 Å². The van der Waals surface area contributed by atoms with E-state index in [0.29, 0.717) is 6.54 Å². The van der Waals surface area contributed by atoms with Crippen LogP contribution in [-0.2, 0) is 9.84 Å². The van der Waals surface area contributed by atoms with Gasteiger partial charge in [-0.1, -0.05) is 103 Å². The molecule has 0 unspecified atom stereocenters. The first-order valence-electron chi connectivity index (χ1n) is 11.5. The Balaban J connectivity index is 3.11. The summed E-state index contributed by atoms with van der Waals surface area (Å²) in [5.41, 5.74) is 0. The van der Waals surface area contributed by atoms with Crippen molar-refractivity contribution in [2.24, 2.45) is 0 Å². The van der Waals surface area contributed by atoms with E-state index in [1.807, 2.05) is 0 Å². The van der Waals surface area contributed by atoms with Crippen molar-refractivity contribution in [1.82, 2.24) is 5.32 Å². The summed E-state index contributed by atoms with van der Waals surface area (Å²) in [6.45, 7) is 3.51. The Hall–Kier alpha value is 0.200. The predicted octanol–water partition coefficient (Wildman–Crippen LogP) is 6.51. The Bertz CT molecular complexity index is 388. The summed E-state index contributed by atoms with van der Waals surface area (Å²) in [7, 11) is -2.98. The standard InChI is InChI=1S/C22H45ClNO2S/c1-2-3-4-5-6-7-8-9-10-11-12-13-14-15-16-17-19-24-20-22-27(25,26)21-18-23/h2-22H2,1H3. The van der Waals surface area contributed by atoms with E-state index in [2.05, 4.69) is 12.2 Å². The number of hydrogen-bond acceptors (Lipinski definition) is 2. The van der Waals surface area contributed by atoms with E-state index in [9.17, 15) is 8.42 Å². The lowest BCUT2D eigenvalue weighted by atomic mass is 10.0. The number of alkyl halides is 1. The van der Waals surface area contributed by atoms with Crippen molar-refractivity contribution in [2.45, 2.75) is 110 Å². The van der Waals surface area contributed by atoms with Crippen molar-refractivity contribution in [3.05, 3.63) is 0 Å². The number of hydrogen-bond donors (Lipinski definition) is 0. The minimum Gasteiger partial charge on any atom is -0.241 e. The molecule has 27 heavy (non-hydrogen) atoms. The van der Waals surface area contributed by atoms with Crippen molar-refractivity contribution in [2.75, 3.05) is 30.5 Å². The van der Waals surface area contributed by atoms with Crippen LogP contribution in [0.15, 0.2) is 0 Å². The molecule has 0 saturated carbocycles. The Morgan fingerprint density at radius 3 is 1.41 bits per heavy atom. The maximum atomic E-state index is 11.5. The fourth-order valence-electron chi connectivity index (χ4n) is 3.31. The molecule has 163 valence electrons. The summed E-state index contributed by atoms with van der Waals surface area (Å²) in [6.07, 6.45) is 21.9. The highest BCUT2D eigenvalue weighted by Gasteiger charge is 2.08. The van der Waals surface area contributed by atoms with Crippen molar-refractivity contribution >= 4 is 21.4 Å². The minimum atomic E-state index is -2.98. The number of nitrogens with zero attached hydrogens (tertiary/aromatic N) is 1. The van der Waals surface area contributed by atoms with Crippen molar-refractivity contribution in [3.63, 3.8) is 0 Å². The molecule has 0 rings (SSSR count). The number of sulfone groups is 1. The first-order valence-corrected chi connectivity index (χ1v) is 13.9. The van der Waals surface area contributed by atoms with Crippen LogP contribution in [0, 0.1) is 0 Å². The summed E-state index contributed by atoms with van der Waals surface area (Å²) >= 11 is 5.47. The second-order valence-electron chi connectivity index (χ2n) is 7.81. The number of rotatable bonds is 22. The Labute approximate surface area is 175 Å². The Kier molecular flexibility index (Phi) is 21.1. The monoisotopic (exact) mass is 422 g/mol. The largest absolute Gasteiger partial charge is 0.241 e.